The molecule has 0 heterocycles. The van der Waals surface area contributed by atoms with Gasteiger partial charge in [-0.05, 0) is 17.2 Å². The fraction of sp³-hybridized carbons (Fsp3) is 0.222. The molecule has 2 aromatic rings. The summed E-state index contributed by atoms with van der Waals surface area (Å²) in [6, 6.07) is 15.3. The summed E-state index contributed by atoms with van der Waals surface area (Å²) in [5.74, 6) is -1.06. The zero-order valence-electron chi connectivity index (χ0n) is 13.2. The third-order valence-electron chi connectivity index (χ3n) is 3.62. The van der Waals surface area contributed by atoms with E-state index in [9.17, 15) is 9.59 Å². The van der Waals surface area contributed by atoms with Crippen molar-refractivity contribution in [2.45, 2.75) is 18.6 Å². The van der Waals surface area contributed by atoms with Crippen LogP contribution in [0.2, 0.25) is 5.02 Å². The number of methoxy groups -OCH3 is 1. The van der Waals surface area contributed by atoms with Gasteiger partial charge in [-0.2, -0.15) is 0 Å². The van der Waals surface area contributed by atoms with Crippen LogP contribution in [-0.4, -0.2) is 25.0 Å². The third-order valence-corrected chi connectivity index (χ3v) is 3.99. The lowest BCUT2D eigenvalue weighted by Crippen LogP contribution is -2.47. The van der Waals surface area contributed by atoms with Crippen molar-refractivity contribution in [3.05, 3.63) is 70.7 Å². The minimum Gasteiger partial charge on any atom is -0.368 e. The van der Waals surface area contributed by atoms with Gasteiger partial charge in [0.05, 0.1) is 0 Å². The van der Waals surface area contributed by atoms with Gasteiger partial charge in [0.1, 0.15) is 6.04 Å². The molecule has 0 unspecified atom stereocenters. The maximum Gasteiger partial charge on any atom is 0.254 e. The molecule has 0 radical (unpaired) electrons. The molecule has 0 aliphatic rings. The molecule has 2 rings (SSSR count). The zero-order valence-corrected chi connectivity index (χ0v) is 14.0. The zero-order chi connectivity index (χ0) is 17.5. The highest BCUT2D eigenvalue weighted by molar-refractivity contribution is 6.31. The van der Waals surface area contributed by atoms with E-state index in [1.807, 2.05) is 24.3 Å². The fourth-order valence-corrected chi connectivity index (χ4v) is 2.59. The van der Waals surface area contributed by atoms with Gasteiger partial charge in [0, 0.05) is 18.6 Å². The maximum atomic E-state index is 12.5. The van der Waals surface area contributed by atoms with Crippen LogP contribution in [0.3, 0.4) is 0 Å². The van der Waals surface area contributed by atoms with E-state index < -0.39 is 24.0 Å². The molecule has 0 aromatic heterocycles. The minimum atomic E-state index is -0.876. The third kappa shape index (κ3) is 4.57. The molecule has 0 saturated heterocycles. The lowest BCUT2D eigenvalue weighted by atomic mass is 10.0. The number of nitrogens with one attached hydrogen (secondary N) is 1. The Morgan fingerprint density at radius 3 is 2.33 bits per heavy atom. The molecule has 126 valence electrons. The summed E-state index contributed by atoms with van der Waals surface area (Å²) in [7, 11) is 1.44. The second-order valence-electron chi connectivity index (χ2n) is 5.29. The predicted octanol–water partition coefficient (Wildman–Crippen LogP) is 2.24. The number of halogens is 1. The summed E-state index contributed by atoms with van der Waals surface area (Å²) < 4.78 is 5.26. The number of benzene rings is 2. The number of nitrogens with two attached hydrogens (primary N) is 1. The van der Waals surface area contributed by atoms with E-state index >= 15 is 0 Å². The first-order valence-electron chi connectivity index (χ1n) is 7.43. The first kappa shape index (κ1) is 18.0. The molecule has 0 fully saturated rings. The van der Waals surface area contributed by atoms with Gasteiger partial charge in [-0.3, -0.25) is 9.59 Å². The maximum absolute atomic E-state index is 12.5. The molecule has 0 saturated carbocycles. The van der Waals surface area contributed by atoms with Crippen LogP contribution in [0.1, 0.15) is 17.2 Å². The average Bonchev–Trinajstić information content (AvgIpc) is 2.57. The van der Waals surface area contributed by atoms with Crippen molar-refractivity contribution >= 4 is 23.4 Å². The standard InChI is InChI=1S/C18H19ClN2O3/c1-24-16(12-7-3-2-4-8-12)18(23)21-15(17(20)22)11-13-9-5-6-10-14(13)19/h2-10,15-16H,11H2,1H3,(H2,20,22)(H,21,23)/t15-,16+/m1/s1. The number of primary amides is 1. The fourth-order valence-electron chi connectivity index (χ4n) is 2.38. The lowest BCUT2D eigenvalue weighted by molar-refractivity contribution is -0.134. The van der Waals surface area contributed by atoms with Crippen LogP contribution in [0.5, 0.6) is 0 Å². The Morgan fingerprint density at radius 2 is 1.75 bits per heavy atom. The largest absolute Gasteiger partial charge is 0.368 e. The van der Waals surface area contributed by atoms with E-state index in [-0.39, 0.29) is 6.42 Å². The lowest BCUT2D eigenvalue weighted by Gasteiger charge is -2.20. The molecule has 6 heteroatoms. The predicted molar refractivity (Wildman–Crippen MR) is 92.5 cm³/mol. The first-order chi connectivity index (χ1) is 11.5. The van der Waals surface area contributed by atoms with Crippen LogP contribution in [-0.2, 0) is 20.7 Å². The van der Waals surface area contributed by atoms with Gasteiger partial charge in [-0.25, -0.2) is 0 Å². The summed E-state index contributed by atoms with van der Waals surface area (Å²) >= 11 is 6.11. The van der Waals surface area contributed by atoms with E-state index in [0.717, 1.165) is 5.56 Å². The van der Waals surface area contributed by atoms with Crippen molar-refractivity contribution in [2.75, 3.05) is 7.11 Å². The highest BCUT2D eigenvalue weighted by Gasteiger charge is 2.26. The molecule has 0 spiro atoms. The summed E-state index contributed by atoms with van der Waals surface area (Å²) in [4.78, 5) is 24.2. The van der Waals surface area contributed by atoms with Crippen molar-refractivity contribution < 1.29 is 14.3 Å². The Hall–Kier alpha value is -2.37. The highest BCUT2D eigenvalue weighted by Crippen LogP contribution is 2.19. The molecule has 2 atom stereocenters. The van der Waals surface area contributed by atoms with E-state index in [1.54, 1.807) is 30.3 Å². The molecule has 3 N–H and O–H groups in total. The number of hydrogen-bond acceptors (Lipinski definition) is 3. The second kappa shape index (κ2) is 8.47. The van der Waals surface area contributed by atoms with Gasteiger partial charge in [0.15, 0.2) is 6.10 Å². The average molecular weight is 347 g/mol. The van der Waals surface area contributed by atoms with Crippen molar-refractivity contribution in [3.63, 3.8) is 0 Å². The molecule has 0 aliphatic carbocycles. The van der Waals surface area contributed by atoms with Crippen molar-refractivity contribution in [2.24, 2.45) is 5.73 Å². The Kier molecular flexibility index (Phi) is 6.35. The second-order valence-corrected chi connectivity index (χ2v) is 5.69. The Bertz CT molecular complexity index is 706. The Balaban J connectivity index is 2.13. The van der Waals surface area contributed by atoms with E-state index in [2.05, 4.69) is 5.32 Å². The van der Waals surface area contributed by atoms with Crippen LogP contribution in [0.4, 0.5) is 0 Å². The number of carbonyl (C=O) groups excluding carboxylic acids is 2. The quantitative estimate of drug-likeness (QED) is 0.806. The molecule has 0 aliphatic heterocycles. The number of amides is 2. The van der Waals surface area contributed by atoms with E-state index in [4.69, 9.17) is 22.1 Å². The number of rotatable bonds is 7. The Morgan fingerprint density at radius 1 is 1.12 bits per heavy atom. The van der Waals surface area contributed by atoms with Gasteiger partial charge in [-0.15, -0.1) is 0 Å². The highest BCUT2D eigenvalue weighted by atomic mass is 35.5. The van der Waals surface area contributed by atoms with Gasteiger partial charge in [0.2, 0.25) is 5.91 Å². The van der Waals surface area contributed by atoms with Crippen LogP contribution >= 0.6 is 11.6 Å². The van der Waals surface area contributed by atoms with Gasteiger partial charge < -0.3 is 15.8 Å². The number of carbonyl (C=O) groups is 2. The summed E-state index contributed by atoms with van der Waals surface area (Å²) in [6.45, 7) is 0. The first-order valence-corrected chi connectivity index (χ1v) is 7.81. The normalized spacial score (nSPS) is 13.1. The van der Waals surface area contributed by atoms with Crippen LogP contribution < -0.4 is 11.1 Å². The molecular formula is C18H19ClN2O3. The van der Waals surface area contributed by atoms with Crippen LogP contribution in [0.25, 0.3) is 0 Å². The molecule has 2 amide bonds. The number of ether oxygens (including phenoxy) is 1. The molecule has 24 heavy (non-hydrogen) atoms. The van der Waals surface area contributed by atoms with Crippen molar-refractivity contribution in [1.29, 1.82) is 0 Å². The summed E-state index contributed by atoms with van der Waals surface area (Å²) in [5.41, 5.74) is 6.85. The Labute approximate surface area is 145 Å². The van der Waals surface area contributed by atoms with Crippen LogP contribution in [0, 0.1) is 0 Å². The van der Waals surface area contributed by atoms with Crippen molar-refractivity contribution in [1.82, 2.24) is 5.32 Å². The smallest absolute Gasteiger partial charge is 0.254 e. The molecule has 2 aromatic carbocycles. The van der Waals surface area contributed by atoms with Gasteiger partial charge >= 0.3 is 0 Å². The van der Waals surface area contributed by atoms with Gasteiger partial charge in [0.25, 0.3) is 5.91 Å². The minimum absolute atomic E-state index is 0.214. The molecule has 5 nitrogen and oxygen atoms in total. The number of hydrogen-bond donors (Lipinski definition) is 2. The SMILES string of the molecule is CO[C@H](C(=O)N[C@H](Cc1ccccc1Cl)C(N)=O)c1ccccc1. The monoisotopic (exact) mass is 346 g/mol. The van der Waals surface area contributed by atoms with E-state index in [0.29, 0.717) is 10.6 Å². The van der Waals surface area contributed by atoms with Gasteiger partial charge in [-0.1, -0.05) is 60.1 Å². The summed E-state index contributed by atoms with van der Waals surface area (Å²) in [6.07, 6.45) is -0.606. The molecule has 0 bridgehead atoms. The summed E-state index contributed by atoms with van der Waals surface area (Å²) in [5, 5.41) is 3.16. The molecular weight excluding hydrogens is 328 g/mol. The van der Waals surface area contributed by atoms with Crippen LogP contribution in [0.15, 0.2) is 54.6 Å². The van der Waals surface area contributed by atoms with Crippen molar-refractivity contribution in [3.8, 4) is 0 Å². The van der Waals surface area contributed by atoms with E-state index in [1.165, 1.54) is 7.11 Å². The topological polar surface area (TPSA) is 81.4 Å².